The number of amides is 1. The van der Waals surface area contributed by atoms with Gasteiger partial charge in [0.25, 0.3) is 0 Å². The number of nitrogens with one attached hydrogen (secondary N) is 1. The summed E-state index contributed by atoms with van der Waals surface area (Å²) >= 11 is 0. The van der Waals surface area contributed by atoms with Crippen LogP contribution in [-0.2, 0) is 4.79 Å². The Balaban J connectivity index is 2.04. The minimum atomic E-state index is -0.0521. The van der Waals surface area contributed by atoms with Gasteiger partial charge in [0.1, 0.15) is 11.5 Å². The molecule has 0 spiro atoms. The molecule has 6 nitrogen and oxygen atoms in total. The van der Waals surface area contributed by atoms with Crippen molar-refractivity contribution in [1.29, 1.82) is 0 Å². The molecule has 1 aliphatic heterocycles. The second-order valence-electron chi connectivity index (χ2n) is 4.97. The number of aromatic amines is 1. The van der Waals surface area contributed by atoms with Gasteiger partial charge in [-0.05, 0) is 11.6 Å². The van der Waals surface area contributed by atoms with E-state index in [9.17, 15) is 4.79 Å². The molecule has 0 saturated carbocycles. The summed E-state index contributed by atoms with van der Waals surface area (Å²) in [6, 6.07) is 3.81. The van der Waals surface area contributed by atoms with Crippen molar-refractivity contribution in [3.8, 4) is 11.5 Å². The molecule has 1 aromatic heterocycles. The van der Waals surface area contributed by atoms with Crippen LogP contribution in [0.2, 0.25) is 0 Å². The molecule has 6 heteroatoms. The highest BCUT2D eigenvalue weighted by Crippen LogP contribution is 2.36. The van der Waals surface area contributed by atoms with E-state index in [4.69, 9.17) is 9.47 Å². The summed E-state index contributed by atoms with van der Waals surface area (Å²) in [7, 11) is 3.25. The molecule has 21 heavy (non-hydrogen) atoms. The summed E-state index contributed by atoms with van der Waals surface area (Å²) in [5.74, 6) is 1.48. The summed E-state index contributed by atoms with van der Waals surface area (Å²) in [6.07, 6.45) is 3.74. The summed E-state index contributed by atoms with van der Waals surface area (Å²) in [5.41, 5.74) is 2.00. The molecular formula is C15H17N3O3. The molecule has 1 N–H and O–H groups in total. The largest absolute Gasteiger partial charge is 0.497 e. The van der Waals surface area contributed by atoms with Gasteiger partial charge in [-0.2, -0.15) is 5.10 Å². The van der Waals surface area contributed by atoms with E-state index in [0.29, 0.717) is 6.54 Å². The molecule has 0 saturated heterocycles. The third-order valence-electron chi connectivity index (χ3n) is 3.73. The van der Waals surface area contributed by atoms with E-state index in [1.54, 1.807) is 20.4 Å². The first-order valence-electron chi connectivity index (χ1n) is 6.69. The number of carbonyl (C=O) groups is 1. The second-order valence-corrected chi connectivity index (χ2v) is 4.97. The van der Waals surface area contributed by atoms with Crippen LogP contribution >= 0.6 is 0 Å². The quantitative estimate of drug-likeness (QED) is 0.940. The Kier molecular flexibility index (Phi) is 3.29. The van der Waals surface area contributed by atoms with Crippen molar-refractivity contribution >= 4 is 23.0 Å². The van der Waals surface area contributed by atoms with E-state index in [1.807, 2.05) is 18.3 Å². The highest BCUT2D eigenvalue weighted by Gasteiger charge is 2.25. The van der Waals surface area contributed by atoms with E-state index in [2.05, 4.69) is 10.1 Å². The van der Waals surface area contributed by atoms with Crippen molar-refractivity contribution in [2.24, 2.45) is 5.10 Å². The number of carbonyl (C=O) groups excluding carboxylic acids is 1. The summed E-state index contributed by atoms with van der Waals surface area (Å²) in [5, 5.41) is 6.64. The van der Waals surface area contributed by atoms with Gasteiger partial charge in [-0.15, -0.1) is 0 Å². The first kappa shape index (κ1) is 13.5. The Hall–Kier alpha value is -2.50. The summed E-state index contributed by atoms with van der Waals surface area (Å²) in [6.45, 7) is 2.07. The van der Waals surface area contributed by atoms with E-state index in [-0.39, 0.29) is 11.8 Å². The lowest BCUT2D eigenvalue weighted by molar-refractivity contribution is -0.128. The minimum absolute atomic E-state index is 0.0521. The first-order valence-corrected chi connectivity index (χ1v) is 6.69. The Labute approximate surface area is 122 Å². The van der Waals surface area contributed by atoms with E-state index in [1.165, 1.54) is 11.9 Å². The number of ether oxygens (including phenoxy) is 2. The number of benzene rings is 1. The molecule has 1 unspecified atom stereocenters. The Bertz CT molecular complexity index is 720. The number of aromatic nitrogens is 1. The second kappa shape index (κ2) is 5.12. The average molecular weight is 287 g/mol. The molecule has 0 radical (unpaired) electrons. The maximum Gasteiger partial charge on any atom is 0.239 e. The van der Waals surface area contributed by atoms with E-state index < -0.39 is 0 Å². The van der Waals surface area contributed by atoms with Gasteiger partial charge in [0.15, 0.2) is 0 Å². The maximum atomic E-state index is 11.4. The lowest BCUT2D eigenvalue weighted by Gasteiger charge is -2.12. The number of nitrogens with zero attached hydrogens (tertiary/aromatic N) is 2. The van der Waals surface area contributed by atoms with Crippen molar-refractivity contribution in [3.63, 3.8) is 0 Å². The van der Waals surface area contributed by atoms with Crippen LogP contribution in [0, 0.1) is 0 Å². The van der Waals surface area contributed by atoms with Gasteiger partial charge in [0, 0.05) is 36.7 Å². The van der Waals surface area contributed by atoms with Gasteiger partial charge in [0.05, 0.1) is 26.3 Å². The molecule has 1 aliphatic rings. The molecule has 1 aromatic carbocycles. The average Bonchev–Trinajstić information content (AvgIpc) is 3.12. The molecule has 0 aliphatic carbocycles. The van der Waals surface area contributed by atoms with E-state index in [0.717, 1.165) is 28.0 Å². The van der Waals surface area contributed by atoms with Gasteiger partial charge in [-0.3, -0.25) is 4.79 Å². The zero-order chi connectivity index (χ0) is 15.0. The Morgan fingerprint density at radius 3 is 2.81 bits per heavy atom. The normalized spacial score (nSPS) is 17.5. The van der Waals surface area contributed by atoms with Crippen LogP contribution in [0.15, 0.2) is 23.4 Å². The van der Waals surface area contributed by atoms with Crippen LogP contribution in [0.1, 0.15) is 18.4 Å². The van der Waals surface area contributed by atoms with Crippen molar-refractivity contribution in [3.05, 3.63) is 23.9 Å². The zero-order valence-corrected chi connectivity index (χ0v) is 12.2. The number of hydrogen-bond acceptors (Lipinski definition) is 4. The number of rotatable bonds is 3. The van der Waals surface area contributed by atoms with Crippen LogP contribution < -0.4 is 9.47 Å². The predicted molar refractivity (Wildman–Crippen MR) is 80.0 cm³/mol. The van der Waals surface area contributed by atoms with Crippen LogP contribution in [-0.4, -0.2) is 42.9 Å². The topological polar surface area (TPSA) is 66.9 Å². The zero-order valence-electron chi connectivity index (χ0n) is 12.2. The standard InChI is InChI=1S/C15H17N3O3/c1-9(19)18-8-10(6-17-18)13-7-16-15-12(13)4-11(20-2)5-14(15)21-3/h4-7,10,16H,8H2,1-3H3. The highest BCUT2D eigenvalue weighted by molar-refractivity contribution is 5.93. The predicted octanol–water partition coefficient (Wildman–Crippen LogP) is 2.12. The molecule has 2 aromatic rings. The number of methoxy groups -OCH3 is 2. The van der Waals surface area contributed by atoms with Gasteiger partial charge < -0.3 is 14.5 Å². The third kappa shape index (κ3) is 2.22. The SMILES string of the molecule is COc1cc(OC)c2[nH]cc(C3C=NN(C(C)=O)C3)c2c1. The lowest BCUT2D eigenvalue weighted by atomic mass is 10.00. The molecule has 0 bridgehead atoms. The van der Waals surface area contributed by atoms with Crippen molar-refractivity contribution in [2.75, 3.05) is 20.8 Å². The number of hydrogen-bond donors (Lipinski definition) is 1. The third-order valence-corrected chi connectivity index (χ3v) is 3.73. The molecule has 3 rings (SSSR count). The fourth-order valence-electron chi connectivity index (χ4n) is 2.61. The van der Waals surface area contributed by atoms with Crippen molar-refractivity contribution in [1.82, 2.24) is 9.99 Å². The lowest BCUT2D eigenvalue weighted by Crippen LogP contribution is -2.22. The van der Waals surface area contributed by atoms with Crippen molar-refractivity contribution < 1.29 is 14.3 Å². The molecule has 2 heterocycles. The fraction of sp³-hybridized carbons (Fsp3) is 0.333. The van der Waals surface area contributed by atoms with Gasteiger partial charge >= 0.3 is 0 Å². The van der Waals surface area contributed by atoms with Gasteiger partial charge in [-0.1, -0.05) is 0 Å². The highest BCUT2D eigenvalue weighted by atomic mass is 16.5. The summed E-state index contributed by atoms with van der Waals surface area (Å²) < 4.78 is 10.7. The molecule has 0 fully saturated rings. The first-order chi connectivity index (χ1) is 10.1. The smallest absolute Gasteiger partial charge is 0.239 e. The van der Waals surface area contributed by atoms with Gasteiger partial charge in [-0.25, -0.2) is 5.01 Å². The van der Waals surface area contributed by atoms with Gasteiger partial charge in [0.2, 0.25) is 5.91 Å². The minimum Gasteiger partial charge on any atom is -0.497 e. The van der Waals surface area contributed by atoms with Crippen molar-refractivity contribution in [2.45, 2.75) is 12.8 Å². The molecule has 1 atom stereocenters. The van der Waals surface area contributed by atoms with Crippen LogP contribution in [0.25, 0.3) is 10.9 Å². The number of fused-ring (bicyclic) bond motifs is 1. The van der Waals surface area contributed by atoms with E-state index >= 15 is 0 Å². The fourth-order valence-corrected chi connectivity index (χ4v) is 2.61. The Morgan fingerprint density at radius 1 is 1.38 bits per heavy atom. The molecule has 110 valence electrons. The maximum absolute atomic E-state index is 11.4. The van der Waals surface area contributed by atoms with Crippen LogP contribution in [0.5, 0.6) is 11.5 Å². The molecule has 1 amide bonds. The number of H-pyrrole nitrogens is 1. The Morgan fingerprint density at radius 2 is 2.19 bits per heavy atom. The summed E-state index contributed by atoms with van der Waals surface area (Å²) in [4.78, 5) is 14.6. The van der Waals surface area contributed by atoms with Crippen LogP contribution in [0.3, 0.4) is 0 Å². The monoisotopic (exact) mass is 287 g/mol. The van der Waals surface area contributed by atoms with Crippen LogP contribution in [0.4, 0.5) is 0 Å². The molecular weight excluding hydrogens is 270 g/mol. The number of hydrazone groups is 1.